The first kappa shape index (κ1) is 24.4. The molecular formula is C26H29F3N2S. The molecule has 3 rings (SSSR count). The van der Waals surface area contributed by atoms with Crippen LogP contribution in [-0.4, -0.2) is 11.9 Å². The maximum absolute atomic E-state index is 12.5. The zero-order chi connectivity index (χ0) is 23.4. The molecule has 0 fully saturated rings. The Labute approximate surface area is 192 Å². The number of rotatable bonds is 7. The highest BCUT2D eigenvalue weighted by Gasteiger charge is 2.32. The van der Waals surface area contributed by atoms with Gasteiger partial charge in [-0.25, -0.2) is 0 Å². The van der Waals surface area contributed by atoms with Crippen LogP contribution < -0.4 is 0 Å². The molecule has 1 unspecified atom stereocenters. The number of nitriles is 1. The van der Waals surface area contributed by atoms with E-state index >= 15 is 0 Å². The smallest absolute Gasteiger partial charge is 0.257 e. The molecule has 32 heavy (non-hydrogen) atoms. The maximum atomic E-state index is 12.5. The second-order valence-electron chi connectivity index (χ2n) is 9.40. The van der Waals surface area contributed by atoms with E-state index < -0.39 is 12.6 Å². The summed E-state index contributed by atoms with van der Waals surface area (Å²) in [6, 6.07) is 16.1. The van der Waals surface area contributed by atoms with Gasteiger partial charge in [0.25, 0.3) is 0 Å². The van der Waals surface area contributed by atoms with Crippen LogP contribution in [0.4, 0.5) is 18.9 Å². The number of hydrogen-bond donors (Lipinski definition) is 0. The minimum atomic E-state index is -4.08. The van der Waals surface area contributed by atoms with Gasteiger partial charge in [-0.1, -0.05) is 45.4 Å². The van der Waals surface area contributed by atoms with Crippen molar-refractivity contribution in [3.8, 4) is 6.07 Å². The van der Waals surface area contributed by atoms with E-state index in [2.05, 4.69) is 45.0 Å². The zero-order valence-corrected chi connectivity index (χ0v) is 19.6. The molecule has 0 bridgehead atoms. The van der Waals surface area contributed by atoms with Gasteiger partial charge in [0.05, 0.1) is 17.3 Å². The molecule has 170 valence electrons. The number of unbranched alkanes of at least 4 members (excludes halogenated alkanes) is 1. The summed E-state index contributed by atoms with van der Waals surface area (Å²) in [6.07, 6.45) is -2.48. The van der Waals surface area contributed by atoms with Crippen molar-refractivity contribution in [1.82, 2.24) is 0 Å². The van der Waals surface area contributed by atoms with E-state index in [9.17, 15) is 13.2 Å². The Balaban J connectivity index is 1.70. The van der Waals surface area contributed by atoms with Crippen molar-refractivity contribution in [3.63, 3.8) is 0 Å². The molecule has 0 aromatic heterocycles. The summed E-state index contributed by atoms with van der Waals surface area (Å²) in [6.45, 7) is 6.38. The third-order valence-electron chi connectivity index (χ3n) is 5.67. The standard InChI is InChI=1S/C26H29F3N2S/c1-25(2,3)24-21(6-4-5-13-26(27,28)29)14-20-11-12-22(15-23(20)31-24)32-17-19-9-7-18(16-30)8-10-19/h7-12,15,21H,4-6,13-14,17H2,1-3H3. The fraction of sp³-hybridized carbons (Fsp3) is 0.462. The summed E-state index contributed by atoms with van der Waals surface area (Å²) in [7, 11) is 0. The lowest BCUT2D eigenvalue weighted by molar-refractivity contribution is -0.135. The van der Waals surface area contributed by atoms with Gasteiger partial charge >= 0.3 is 6.18 Å². The molecule has 0 aliphatic carbocycles. The lowest BCUT2D eigenvalue weighted by Gasteiger charge is -2.33. The lowest BCUT2D eigenvalue weighted by Crippen LogP contribution is -2.32. The first-order valence-corrected chi connectivity index (χ1v) is 11.9. The molecule has 0 saturated carbocycles. The molecular weight excluding hydrogens is 429 g/mol. The third-order valence-corrected chi connectivity index (χ3v) is 6.74. The lowest BCUT2D eigenvalue weighted by atomic mass is 9.75. The van der Waals surface area contributed by atoms with Crippen LogP contribution in [0.25, 0.3) is 0 Å². The van der Waals surface area contributed by atoms with E-state index in [0.29, 0.717) is 12.0 Å². The van der Waals surface area contributed by atoms with Gasteiger partial charge < -0.3 is 0 Å². The molecule has 0 spiro atoms. The van der Waals surface area contributed by atoms with Crippen LogP contribution in [0.15, 0.2) is 52.4 Å². The fourth-order valence-electron chi connectivity index (χ4n) is 4.07. The van der Waals surface area contributed by atoms with Crippen LogP contribution in [0.5, 0.6) is 0 Å². The summed E-state index contributed by atoms with van der Waals surface area (Å²) in [4.78, 5) is 6.14. The van der Waals surface area contributed by atoms with E-state index in [0.717, 1.165) is 40.5 Å². The molecule has 1 heterocycles. The number of aliphatic imine (C=N–C) groups is 1. The molecule has 1 aliphatic rings. The molecule has 0 radical (unpaired) electrons. The highest BCUT2D eigenvalue weighted by Crippen LogP contribution is 2.39. The van der Waals surface area contributed by atoms with E-state index in [1.165, 1.54) is 5.56 Å². The van der Waals surface area contributed by atoms with Crippen LogP contribution in [0.2, 0.25) is 0 Å². The Morgan fingerprint density at radius 2 is 1.78 bits per heavy atom. The summed E-state index contributed by atoms with van der Waals surface area (Å²) >= 11 is 1.73. The highest BCUT2D eigenvalue weighted by atomic mass is 32.2. The van der Waals surface area contributed by atoms with Crippen molar-refractivity contribution in [1.29, 1.82) is 5.26 Å². The Morgan fingerprint density at radius 3 is 2.41 bits per heavy atom. The average molecular weight is 459 g/mol. The summed E-state index contributed by atoms with van der Waals surface area (Å²) in [5.41, 5.74) is 4.92. The monoisotopic (exact) mass is 458 g/mol. The number of thioether (sulfide) groups is 1. The molecule has 0 N–H and O–H groups in total. The quantitative estimate of drug-likeness (QED) is 0.309. The van der Waals surface area contributed by atoms with Crippen molar-refractivity contribution in [2.45, 2.75) is 69.7 Å². The Hall–Kier alpha value is -2.26. The number of alkyl halides is 3. The molecule has 1 aliphatic heterocycles. The van der Waals surface area contributed by atoms with Crippen LogP contribution in [0.1, 0.15) is 63.1 Å². The Bertz CT molecular complexity index is 996. The van der Waals surface area contributed by atoms with Crippen LogP contribution in [0, 0.1) is 22.7 Å². The van der Waals surface area contributed by atoms with Crippen molar-refractivity contribution in [3.05, 3.63) is 59.2 Å². The van der Waals surface area contributed by atoms with Crippen LogP contribution in [-0.2, 0) is 12.2 Å². The largest absolute Gasteiger partial charge is 0.389 e. The Kier molecular flexibility index (Phi) is 7.71. The van der Waals surface area contributed by atoms with E-state index in [1.807, 2.05) is 24.3 Å². The number of fused-ring (bicyclic) bond motifs is 1. The average Bonchev–Trinajstić information content (AvgIpc) is 2.73. The molecule has 2 nitrogen and oxygen atoms in total. The first-order valence-electron chi connectivity index (χ1n) is 11.0. The summed E-state index contributed by atoms with van der Waals surface area (Å²) < 4.78 is 37.5. The van der Waals surface area contributed by atoms with E-state index in [4.69, 9.17) is 10.3 Å². The van der Waals surface area contributed by atoms with Gasteiger partial charge in [-0.2, -0.15) is 18.4 Å². The van der Waals surface area contributed by atoms with Crippen LogP contribution >= 0.6 is 11.8 Å². The van der Waals surface area contributed by atoms with Gasteiger partial charge in [0.2, 0.25) is 0 Å². The molecule has 2 aromatic carbocycles. The zero-order valence-electron chi connectivity index (χ0n) is 18.8. The van der Waals surface area contributed by atoms with Crippen LogP contribution in [0.3, 0.4) is 0 Å². The molecule has 6 heteroatoms. The van der Waals surface area contributed by atoms with Crippen molar-refractivity contribution in [2.75, 3.05) is 0 Å². The number of nitrogens with zero attached hydrogens (tertiary/aromatic N) is 2. The predicted molar refractivity (Wildman–Crippen MR) is 125 cm³/mol. The van der Waals surface area contributed by atoms with Gasteiger partial charge in [0.15, 0.2) is 0 Å². The number of benzene rings is 2. The first-order chi connectivity index (χ1) is 15.0. The number of halogens is 3. The summed E-state index contributed by atoms with van der Waals surface area (Å²) in [5.74, 6) is 0.996. The molecule has 1 atom stereocenters. The van der Waals surface area contributed by atoms with E-state index in [-0.39, 0.29) is 17.8 Å². The molecule has 0 amide bonds. The van der Waals surface area contributed by atoms with E-state index in [1.54, 1.807) is 11.8 Å². The fourth-order valence-corrected chi connectivity index (χ4v) is 4.96. The maximum Gasteiger partial charge on any atom is 0.389 e. The van der Waals surface area contributed by atoms with Gasteiger partial charge in [-0.3, -0.25) is 4.99 Å². The second kappa shape index (κ2) is 10.1. The Morgan fingerprint density at radius 1 is 1.06 bits per heavy atom. The van der Waals surface area contributed by atoms with Gasteiger partial charge in [-0.15, -0.1) is 11.8 Å². The normalized spacial score (nSPS) is 16.3. The van der Waals surface area contributed by atoms with Gasteiger partial charge in [0, 0.05) is 34.1 Å². The third kappa shape index (κ3) is 6.87. The van der Waals surface area contributed by atoms with Crippen molar-refractivity contribution >= 4 is 23.2 Å². The van der Waals surface area contributed by atoms with Crippen molar-refractivity contribution in [2.24, 2.45) is 16.3 Å². The van der Waals surface area contributed by atoms with Crippen molar-refractivity contribution < 1.29 is 13.2 Å². The minimum Gasteiger partial charge on any atom is -0.257 e. The van der Waals surface area contributed by atoms with Gasteiger partial charge in [0.1, 0.15) is 0 Å². The van der Waals surface area contributed by atoms with Gasteiger partial charge in [-0.05, 0) is 54.7 Å². The number of hydrogen-bond acceptors (Lipinski definition) is 3. The molecule has 2 aromatic rings. The second-order valence-corrected chi connectivity index (χ2v) is 10.4. The minimum absolute atomic E-state index is 0.127. The molecule has 0 saturated heterocycles. The summed E-state index contributed by atoms with van der Waals surface area (Å²) in [5, 5.41) is 8.93. The SMILES string of the molecule is CC(C)(C)C1=Nc2cc(SCc3ccc(C#N)cc3)ccc2CC1CCCCC(F)(F)F. The predicted octanol–water partition coefficient (Wildman–Crippen LogP) is 8.26. The highest BCUT2D eigenvalue weighted by molar-refractivity contribution is 7.98. The topological polar surface area (TPSA) is 36.1 Å².